The minimum atomic E-state index is -0.533. The monoisotopic (exact) mass is 314 g/mol. The summed E-state index contributed by atoms with van der Waals surface area (Å²) in [6.07, 6.45) is 3.68. The fraction of sp³-hybridized carbons (Fsp3) is 0.467. The van der Waals surface area contributed by atoms with Gasteiger partial charge in [-0.1, -0.05) is 35.8 Å². The molecule has 0 N–H and O–H groups in total. The first kappa shape index (κ1) is 14.4. The van der Waals surface area contributed by atoms with E-state index in [0.29, 0.717) is 16.7 Å². The summed E-state index contributed by atoms with van der Waals surface area (Å²) in [4.78, 5) is 11.0. The van der Waals surface area contributed by atoms with Gasteiger partial charge in [0.15, 0.2) is 0 Å². The number of ether oxygens (including phenoxy) is 1. The van der Waals surface area contributed by atoms with Crippen LogP contribution in [0.3, 0.4) is 0 Å². The molecule has 1 spiro atoms. The van der Waals surface area contributed by atoms with Crippen molar-refractivity contribution < 1.29 is 14.5 Å². The lowest BCUT2D eigenvalue weighted by Gasteiger charge is -2.36. The lowest BCUT2D eigenvalue weighted by molar-refractivity contribution is -0.475. The van der Waals surface area contributed by atoms with Crippen LogP contribution < -0.4 is 0 Å². The summed E-state index contributed by atoms with van der Waals surface area (Å²) in [5.41, 5.74) is 1.65. The summed E-state index contributed by atoms with van der Waals surface area (Å²) in [6, 6.07) is 5.38. The van der Waals surface area contributed by atoms with Gasteiger partial charge >= 0.3 is 0 Å². The molecule has 0 bridgehead atoms. The third-order valence-electron chi connectivity index (χ3n) is 3.86. The van der Waals surface area contributed by atoms with E-state index in [0.717, 1.165) is 36.8 Å². The molecule has 1 aliphatic carbocycles. The van der Waals surface area contributed by atoms with Gasteiger partial charge in [0.25, 0.3) is 0 Å². The predicted molar refractivity (Wildman–Crippen MR) is 78.6 cm³/mol. The van der Waals surface area contributed by atoms with Gasteiger partial charge in [-0.05, 0) is 36.1 Å². The van der Waals surface area contributed by atoms with Crippen molar-refractivity contribution in [2.24, 2.45) is 0 Å². The van der Waals surface area contributed by atoms with Gasteiger partial charge in [-0.15, -0.1) is 0 Å². The molecule has 1 saturated carbocycles. The van der Waals surface area contributed by atoms with Gasteiger partial charge in [-0.25, -0.2) is 9.78 Å². The molecular weight excluding hydrogens is 299 g/mol. The molecule has 0 amide bonds. The molecule has 5 heteroatoms. The Morgan fingerprint density at radius 3 is 2.55 bits per heavy atom. The first-order chi connectivity index (χ1) is 9.60. The Bertz CT molecular complexity index is 514. The fourth-order valence-electron chi connectivity index (χ4n) is 2.61. The second-order valence-corrected chi connectivity index (χ2v) is 6.07. The van der Waals surface area contributed by atoms with Crippen molar-refractivity contribution in [3.8, 4) is 0 Å². The lowest BCUT2D eigenvalue weighted by atomic mass is 10.0. The van der Waals surface area contributed by atoms with Crippen molar-refractivity contribution >= 4 is 28.8 Å². The van der Waals surface area contributed by atoms with E-state index in [2.05, 4.69) is 6.58 Å². The number of hydrogen-bond donors (Lipinski definition) is 0. The van der Waals surface area contributed by atoms with Gasteiger partial charge in [-0.3, -0.25) is 0 Å². The van der Waals surface area contributed by atoms with Crippen LogP contribution in [0, 0.1) is 0 Å². The van der Waals surface area contributed by atoms with Crippen molar-refractivity contribution in [3.05, 3.63) is 40.4 Å². The van der Waals surface area contributed by atoms with Crippen LogP contribution in [0.25, 0.3) is 5.57 Å². The van der Waals surface area contributed by atoms with Crippen molar-refractivity contribution in [1.82, 2.24) is 0 Å². The zero-order chi connectivity index (χ0) is 14.2. The Hall–Kier alpha value is -0.580. The number of hydrogen-bond acceptors (Lipinski definition) is 3. The quantitative estimate of drug-likeness (QED) is 0.745. The third-order valence-corrected chi connectivity index (χ3v) is 4.60. The van der Waals surface area contributed by atoms with Crippen molar-refractivity contribution in [2.75, 3.05) is 6.61 Å². The maximum absolute atomic E-state index is 6.02. The lowest BCUT2D eigenvalue weighted by Crippen LogP contribution is -2.43. The zero-order valence-corrected chi connectivity index (χ0v) is 12.5. The first-order valence-corrected chi connectivity index (χ1v) is 7.48. The number of halogens is 2. The van der Waals surface area contributed by atoms with Gasteiger partial charge in [0, 0.05) is 12.8 Å². The standard InChI is InChI=1S/C15H16Cl2O3/c1-10(11-4-5-12(16)13(17)8-11)14-9-18-15(20-19-14)6-2-3-7-15/h4-5,8,14H,1-3,6-7,9H2. The average Bonchev–Trinajstić information content (AvgIpc) is 2.90. The van der Waals surface area contributed by atoms with Gasteiger partial charge in [0.2, 0.25) is 5.79 Å². The highest BCUT2D eigenvalue weighted by Crippen LogP contribution is 2.39. The molecule has 2 fully saturated rings. The first-order valence-electron chi connectivity index (χ1n) is 6.72. The molecule has 0 aromatic heterocycles. The highest BCUT2D eigenvalue weighted by Gasteiger charge is 2.42. The molecule has 20 heavy (non-hydrogen) atoms. The Morgan fingerprint density at radius 2 is 1.95 bits per heavy atom. The van der Waals surface area contributed by atoms with Crippen LogP contribution in [-0.2, 0) is 14.5 Å². The molecule has 0 radical (unpaired) electrons. The summed E-state index contributed by atoms with van der Waals surface area (Å²) in [7, 11) is 0. The molecule has 3 rings (SSSR count). The normalized spacial score (nSPS) is 25.0. The number of benzene rings is 1. The molecule has 1 aromatic rings. The van der Waals surface area contributed by atoms with E-state index >= 15 is 0 Å². The van der Waals surface area contributed by atoms with Crippen LogP contribution in [-0.4, -0.2) is 18.5 Å². The van der Waals surface area contributed by atoms with E-state index in [1.807, 2.05) is 6.07 Å². The predicted octanol–water partition coefficient (Wildman–Crippen LogP) is 4.62. The molecule has 1 aromatic carbocycles. The summed E-state index contributed by atoms with van der Waals surface area (Å²) in [5.74, 6) is -0.533. The summed E-state index contributed by atoms with van der Waals surface area (Å²) < 4.78 is 5.87. The fourth-order valence-corrected chi connectivity index (χ4v) is 2.91. The largest absolute Gasteiger partial charge is 0.344 e. The summed E-state index contributed by atoms with van der Waals surface area (Å²) in [6.45, 7) is 4.49. The molecule has 1 unspecified atom stereocenters. The molecule has 3 nitrogen and oxygen atoms in total. The van der Waals surface area contributed by atoms with Gasteiger partial charge in [0.1, 0.15) is 6.10 Å². The minimum absolute atomic E-state index is 0.321. The van der Waals surface area contributed by atoms with E-state index in [9.17, 15) is 0 Å². The van der Waals surface area contributed by atoms with Gasteiger partial charge in [0.05, 0.1) is 16.7 Å². The van der Waals surface area contributed by atoms with E-state index in [-0.39, 0.29) is 6.10 Å². The summed E-state index contributed by atoms with van der Waals surface area (Å²) in [5, 5.41) is 1.01. The second kappa shape index (κ2) is 5.66. The van der Waals surface area contributed by atoms with Crippen LogP contribution in [0.4, 0.5) is 0 Å². The minimum Gasteiger partial charge on any atom is -0.344 e. The molecule has 2 aliphatic rings. The van der Waals surface area contributed by atoms with Crippen LogP contribution >= 0.6 is 23.2 Å². The van der Waals surface area contributed by atoms with E-state index in [1.54, 1.807) is 12.1 Å². The van der Waals surface area contributed by atoms with Crippen LogP contribution in [0.5, 0.6) is 0 Å². The SMILES string of the molecule is C=C(c1ccc(Cl)c(Cl)c1)C1COC2(CCCC2)OO1. The van der Waals surface area contributed by atoms with Crippen molar-refractivity contribution in [3.63, 3.8) is 0 Å². The second-order valence-electron chi connectivity index (χ2n) is 5.25. The van der Waals surface area contributed by atoms with Gasteiger partial charge < -0.3 is 4.74 Å². The Labute approximate surface area is 128 Å². The van der Waals surface area contributed by atoms with E-state index in [1.165, 1.54) is 0 Å². The number of rotatable bonds is 2. The smallest absolute Gasteiger partial charge is 0.201 e. The molecular formula is C15H16Cl2O3. The molecule has 1 aliphatic heterocycles. The zero-order valence-electron chi connectivity index (χ0n) is 11.0. The van der Waals surface area contributed by atoms with Crippen LogP contribution in [0.2, 0.25) is 10.0 Å². The Morgan fingerprint density at radius 1 is 1.20 bits per heavy atom. The topological polar surface area (TPSA) is 27.7 Å². The van der Waals surface area contributed by atoms with Crippen LogP contribution in [0.1, 0.15) is 31.2 Å². The molecule has 1 heterocycles. The van der Waals surface area contributed by atoms with Crippen molar-refractivity contribution in [1.29, 1.82) is 0 Å². The third kappa shape index (κ3) is 2.74. The highest BCUT2D eigenvalue weighted by atomic mass is 35.5. The maximum Gasteiger partial charge on any atom is 0.201 e. The highest BCUT2D eigenvalue weighted by molar-refractivity contribution is 6.42. The Kier molecular flexibility index (Phi) is 4.07. The maximum atomic E-state index is 6.02. The van der Waals surface area contributed by atoms with E-state index < -0.39 is 5.79 Å². The average molecular weight is 315 g/mol. The van der Waals surface area contributed by atoms with E-state index in [4.69, 9.17) is 37.7 Å². The van der Waals surface area contributed by atoms with Gasteiger partial charge in [-0.2, -0.15) is 0 Å². The summed E-state index contributed by atoms with van der Waals surface area (Å²) >= 11 is 11.9. The Balaban J connectivity index is 1.68. The molecule has 108 valence electrons. The van der Waals surface area contributed by atoms with Crippen molar-refractivity contribution in [2.45, 2.75) is 37.6 Å². The molecule has 1 saturated heterocycles. The molecule has 1 atom stereocenters. The van der Waals surface area contributed by atoms with Crippen LogP contribution in [0.15, 0.2) is 24.8 Å².